The molecule has 0 heterocycles. The standard InChI is InChI=1S/4Na.8H2O.4H/h;;;;8*1H2;;;;/q4*+1;;;;;;;;;4*-1. The van der Waals surface area contributed by atoms with Gasteiger partial charge in [-0.1, -0.05) is 0 Å². The van der Waals surface area contributed by atoms with Gasteiger partial charge in [-0.2, -0.15) is 0 Å². The van der Waals surface area contributed by atoms with Crippen molar-refractivity contribution in [1.29, 1.82) is 0 Å². The van der Waals surface area contributed by atoms with Gasteiger partial charge in [0.25, 0.3) is 0 Å². The van der Waals surface area contributed by atoms with E-state index in [2.05, 4.69) is 0 Å². The molecule has 8 nitrogen and oxygen atoms in total. The molecule has 0 aromatic rings. The van der Waals surface area contributed by atoms with Crippen LogP contribution in [-0.2, 0) is 0 Å². The van der Waals surface area contributed by atoms with E-state index in [1.165, 1.54) is 0 Å². The largest absolute Gasteiger partial charge is 1.00 e. The zero-order valence-corrected chi connectivity index (χ0v) is 16.0. The van der Waals surface area contributed by atoms with Crippen LogP contribution in [0.2, 0.25) is 0 Å². The number of hydrogen-bond acceptors (Lipinski definition) is 0. The maximum Gasteiger partial charge on any atom is 1.00 e. The van der Waals surface area contributed by atoms with Crippen LogP contribution in [0.5, 0.6) is 0 Å². The molecule has 0 atom stereocenters. The van der Waals surface area contributed by atoms with Crippen molar-refractivity contribution >= 4 is 0 Å². The molecule has 0 unspecified atom stereocenters. The smallest absolute Gasteiger partial charge is 1.00 e. The van der Waals surface area contributed by atoms with Gasteiger partial charge < -0.3 is 49.5 Å². The summed E-state index contributed by atoms with van der Waals surface area (Å²) >= 11 is 0. The van der Waals surface area contributed by atoms with Crippen LogP contribution in [0.25, 0.3) is 0 Å². The summed E-state index contributed by atoms with van der Waals surface area (Å²) in [5.74, 6) is 0. The van der Waals surface area contributed by atoms with Gasteiger partial charge in [0.05, 0.1) is 0 Å². The van der Waals surface area contributed by atoms with E-state index in [1.54, 1.807) is 0 Å². The van der Waals surface area contributed by atoms with E-state index in [1.807, 2.05) is 0 Å². The Morgan fingerprint density at radius 2 is 0.250 bits per heavy atom. The molecular formula is H20Na4O8. The van der Waals surface area contributed by atoms with Crippen LogP contribution in [0, 0.1) is 0 Å². The van der Waals surface area contributed by atoms with Crippen molar-refractivity contribution in [2.75, 3.05) is 0 Å². The second kappa shape index (κ2) is 203. The topological polar surface area (TPSA) is 252 Å². The van der Waals surface area contributed by atoms with Gasteiger partial charge in [0.15, 0.2) is 0 Å². The first-order valence-corrected chi connectivity index (χ1v) is 0. The Labute approximate surface area is 165 Å². The van der Waals surface area contributed by atoms with E-state index in [9.17, 15) is 0 Å². The van der Waals surface area contributed by atoms with Gasteiger partial charge in [-0.25, -0.2) is 0 Å². The van der Waals surface area contributed by atoms with Crippen molar-refractivity contribution in [2.45, 2.75) is 0 Å². The molecule has 12 heteroatoms. The van der Waals surface area contributed by atoms with E-state index in [0.29, 0.717) is 0 Å². The quantitative estimate of drug-likeness (QED) is 0.357. The summed E-state index contributed by atoms with van der Waals surface area (Å²) in [6.45, 7) is 0. The molecule has 0 amide bonds. The third kappa shape index (κ3) is 162. The van der Waals surface area contributed by atoms with E-state index in [4.69, 9.17) is 0 Å². The van der Waals surface area contributed by atoms with Gasteiger partial charge in [0, 0.05) is 0 Å². The number of hydrogen-bond donors (Lipinski definition) is 0. The molecule has 0 saturated carbocycles. The fourth-order valence-electron chi connectivity index (χ4n) is 0. The normalized spacial score (nSPS) is 0. The Bertz CT molecular complexity index is 24.0. The Hall–Kier alpha value is 3.68. The van der Waals surface area contributed by atoms with Gasteiger partial charge >= 0.3 is 118 Å². The predicted octanol–water partition coefficient (Wildman–Crippen LogP) is -18.1. The van der Waals surface area contributed by atoms with Crippen molar-refractivity contribution in [3.63, 3.8) is 0 Å². The minimum Gasteiger partial charge on any atom is -1.00 e. The van der Waals surface area contributed by atoms with Crippen LogP contribution in [0.1, 0.15) is 5.71 Å². The van der Waals surface area contributed by atoms with Crippen molar-refractivity contribution in [3.8, 4) is 0 Å². The first-order valence-electron chi connectivity index (χ1n) is 0. The Kier molecular flexibility index (Phi) is 4220. The SMILES string of the molecule is O.O.O.O.O.O.O.O.[H-].[H-].[H-].[H-].[Na+].[Na+].[Na+].[Na+]. The van der Waals surface area contributed by atoms with Gasteiger partial charge in [-0.15, -0.1) is 0 Å². The van der Waals surface area contributed by atoms with E-state index >= 15 is 0 Å². The minimum absolute atomic E-state index is 0. The van der Waals surface area contributed by atoms with Crippen molar-refractivity contribution in [2.24, 2.45) is 0 Å². The molecule has 0 aliphatic rings. The zero-order valence-electron chi connectivity index (χ0n) is 12.0. The molecule has 0 aliphatic heterocycles. The van der Waals surface area contributed by atoms with Gasteiger partial charge in [0.1, 0.15) is 0 Å². The molecule has 16 N–H and O–H groups in total. The Balaban J connectivity index is 0. The molecule has 0 aromatic heterocycles. The molecule has 0 bridgehead atoms. The molecule has 12 heavy (non-hydrogen) atoms. The second-order valence-electron chi connectivity index (χ2n) is 0. The summed E-state index contributed by atoms with van der Waals surface area (Å²) < 4.78 is 0. The molecule has 0 aliphatic carbocycles. The molecule has 0 spiro atoms. The maximum atomic E-state index is 0. The fraction of sp³-hybridized carbons (Fsp3) is 0. The molecule has 0 fully saturated rings. The average molecular weight is 240 g/mol. The summed E-state index contributed by atoms with van der Waals surface area (Å²) in [6, 6.07) is 0. The van der Waals surface area contributed by atoms with E-state index in [-0.39, 0.29) is 168 Å². The third-order valence-corrected chi connectivity index (χ3v) is 0. The zero-order chi connectivity index (χ0) is 0. The predicted molar refractivity (Wildman–Crippen MR) is 33.4 cm³/mol. The summed E-state index contributed by atoms with van der Waals surface area (Å²) in [6.07, 6.45) is 0. The molecule has 0 saturated heterocycles. The number of rotatable bonds is 0. The van der Waals surface area contributed by atoms with Crippen LogP contribution >= 0.6 is 0 Å². The summed E-state index contributed by atoms with van der Waals surface area (Å²) in [5.41, 5.74) is 0. The maximum absolute atomic E-state index is 0. The summed E-state index contributed by atoms with van der Waals surface area (Å²) in [7, 11) is 0. The molecule has 72 valence electrons. The fourth-order valence-corrected chi connectivity index (χ4v) is 0. The van der Waals surface area contributed by atoms with Gasteiger partial charge in [0.2, 0.25) is 0 Å². The van der Waals surface area contributed by atoms with E-state index in [0.717, 1.165) is 0 Å². The van der Waals surface area contributed by atoms with Crippen molar-refractivity contribution < 1.29 is 168 Å². The van der Waals surface area contributed by atoms with Crippen LogP contribution < -0.4 is 118 Å². The summed E-state index contributed by atoms with van der Waals surface area (Å²) in [4.78, 5) is 0. The molecular weight excluding hydrogens is 220 g/mol. The minimum atomic E-state index is 0. The van der Waals surface area contributed by atoms with Crippen LogP contribution in [0.15, 0.2) is 0 Å². The average Bonchev–Trinajstić information content (AvgIpc) is 0. The molecule has 0 radical (unpaired) electrons. The van der Waals surface area contributed by atoms with Gasteiger partial charge in [-0.05, 0) is 0 Å². The van der Waals surface area contributed by atoms with Crippen LogP contribution in [0.4, 0.5) is 0 Å². The van der Waals surface area contributed by atoms with Crippen molar-refractivity contribution in [1.82, 2.24) is 0 Å². The second-order valence-corrected chi connectivity index (χ2v) is 0. The first kappa shape index (κ1) is 250. The molecule has 0 aromatic carbocycles. The Morgan fingerprint density at radius 1 is 0.250 bits per heavy atom. The van der Waals surface area contributed by atoms with Crippen LogP contribution in [-0.4, -0.2) is 43.8 Å². The Morgan fingerprint density at radius 3 is 0.250 bits per heavy atom. The molecule has 0 rings (SSSR count). The third-order valence-electron chi connectivity index (χ3n) is 0. The van der Waals surface area contributed by atoms with Crippen molar-refractivity contribution in [3.05, 3.63) is 0 Å². The van der Waals surface area contributed by atoms with Crippen LogP contribution in [0.3, 0.4) is 0 Å². The first-order chi connectivity index (χ1) is 0. The van der Waals surface area contributed by atoms with Gasteiger partial charge in [-0.3, -0.25) is 0 Å². The summed E-state index contributed by atoms with van der Waals surface area (Å²) in [5, 5.41) is 0. The van der Waals surface area contributed by atoms with E-state index < -0.39 is 0 Å². The monoisotopic (exact) mass is 240 g/mol.